The number of hydrogen-bond donors (Lipinski definition) is 2. The van der Waals surface area contributed by atoms with E-state index in [0.29, 0.717) is 5.92 Å². The van der Waals surface area contributed by atoms with Gasteiger partial charge < -0.3 is 15.4 Å². The first-order valence-corrected chi connectivity index (χ1v) is 7.38. The Hall–Kier alpha value is -1.55. The van der Waals surface area contributed by atoms with Gasteiger partial charge >= 0.3 is 0 Å². The summed E-state index contributed by atoms with van der Waals surface area (Å²) in [7, 11) is 0. The number of nitrogens with one attached hydrogen (secondary N) is 2. The van der Waals surface area contributed by atoms with Gasteiger partial charge in [-0.15, -0.1) is 0 Å². The summed E-state index contributed by atoms with van der Waals surface area (Å²) in [6, 6.07) is 7.61. The van der Waals surface area contributed by atoms with Gasteiger partial charge in [-0.2, -0.15) is 0 Å². The van der Waals surface area contributed by atoms with Crippen molar-refractivity contribution in [3.63, 3.8) is 0 Å². The molecule has 1 aromatic carbocycles. The van der Waals surface area contributed by atoms with Crippen molar-refractivity contribution in [3.8, 4) is 5.75 Å². The van der Waals surface area contributed by atoms with E-state index in [1.807, 2.05) is 31.2 Å². The van der Waals surface area contributed by atoms with Crippen LogP contribution >= 0.6 is 0 Å². The van der Waals surface area contributed by atoms with Crippen molar-refractivity contribution in [1.29, 1.82) is 0 Å². The molecule has 0 bridgehead atoms. The van der Waals surface area contributed by atoms with Crippen molar-refractivity contribution >= 4 is 11.6 Å². The molecule has 0 radical (unpaired) electrons. The van der Waals surface area contributed by atoms with Gasteiger partial charge in [-0.25, -0.2) is 0 Å². The van der Waals surface area contributed by atoms with Crippen LogP contribution in [0, 0.1) is 11.8 Å². The van der Waals surface area contributed by atoms with Crippen LogP contribution in [0.2, 0.25) is 0 Å². The Morgan fingerprint density at radius 3 is 2.95 bits per heavy atom. The van der Waals surface area contributed by atoms with Gasteiger partial charge in [-0.3, -0.25) is 4.79 Å². The van der Waals surface area contributed by atoms with E-state index in [-0.39, 0.29) is 17.9 Å². The lowest BCUT2D eigenvalue weighted by atomic mass is 9.97. The molecule has 1 aliphatic heterocycles. The molecule has 0 saturated carbocycles. The average molecular weight is 276 g/mol. The molecule has 1 heterocycles. The second kappa shape index (κ2) is 6.75. The molecule has 4 nitrogen and oxygen atoms in total. The second-order valence-electron chi connectivity index (χ2n) is 5.60. The molecule has 0 aliphatic carbocycles. The molecule has 0 aromatic heterocycles. The van der Waals surface area contributed by atoms with E-state index < -0.39 is 0 Å². The molecule has 2 N–H and O–H groups in total. The van der Waals surface area contributed by atoms with Gasteiger partial charge in [0.15, 0.2) is 0 Å². The van der Waals surface area contributed by atoms with E-state index >= 15 is 0 Å². The number of amides is 1. The maximum atomic E-state index is 12.2. The highest BCUT2D eigenvalue weighted by Gasteiger charge is 2.29. The van der Waals surface area contributed by atoms with E-state index in [4.69, 9.17) is 4.74 Å². The lowest BCUT2D eigenvalue weighted by Crippen LogP contribution is -2.27. The standard InChI is InChI=1S/C16H24N2O2/c1-4-12(3)20-14-7-5-6-13(8-14)18-16(19)15-10-17-9-11(15)2/h5-8,11-12,15,17H,4,9-10H2,1-3H3,(H,18,19)/t11-,12?,15-/m1/s1. The molecule has 2 rings (SSSR count). The van der Waals surface area contributed by atoms with Gasteiger partial charge in [-0.1, -0.05) is 19.9 Å². The highest BCUT2D eigenvalue weighted by Crippen LogP contribution is 2.22. The molecule has 1 amide bonds. The third-order valence-electron chi connectivity index (χ3n) is 3.87. The van der Waals surface area contributed by atoms with E-state index in [1.54, 1.807) is 0 Å². The minimum absolute atomic E-state index is 0.0501. The molecule has 1 fully saturated rings. The number of hydrogen-bond acceptors (Lipinski definition) is 3. The molecular formula is C16H24N2O2. The third-order valence-corrected chi connectivity index (χ3v) is 3.87. The van der Waals surface area contributed by atoms with Crippen molar-refractivity contribution in [3.05, 3.63) is 24.3 Å². The van der Waals surface area contributed by atoms with Crippen molar-refractivity contribution in [2.45, 2.75) is 33.3 Å². The van der Waals surface area contributed by atoms with E-state index in [1.165, 1.54) is 0 Å². The minimum Gasteiger partial charge on any atom is -0.491 e. The molecule has 4 heteroatoms. The molecule has 0 spiro atoms. The zero-order chi connectivity index (χ0) is 14.5. The summed E-state index contributed by atoms with van der Waals surface area (Å²) >= 11 is 0. The molecule has 110 valence electrons. The van der Waals surface area contributed by atoms with Crippen molar-refractivity contribution in [2.24, 2.45) is 11.8 Å². The lowest BCUT2D eigenvalue weighted by Gasteiger charge is -2.16. The fourth-order valence-corrected chi connectivity index (χ4v) is 2.36. The Morgan fingerprint density at radius 2 is 2.30 bits per heavy atom. The highest BCUT2D eigenvalue weighted by molar-refractivity contribution is 5.93. The van der Waals surface area contributed by atoms with Crippen molar-refractivity contribution < 1.29 is 9.53 Å². The van der Waals surface area contributed by atoms with Crippen LogP contribution in [0.15, 0.2) is 24.3 Å². The summed E-state index contributed by atoms with van der Waals surface area (Å²) in [5, 5.41) is 6.24. The molecule has 1 unspecified atom stereocenters. The van der Waals surface area contributed by atoms with Gasteiger partial charge in [-0.05, 0) is 37.9 Å². The van der Waals surface area contributed by atoms with Crippen molar-refractivity contribution in [2.75, 3.05) is 18.4 Å². The van der Waals surface area contributed by atoms with Crippen LogP contribution in [0.3, 0.4) is 0 Å². The first kappa shape index (κ1) is 14.9. The highest BCUT2D eigenvalue weighted by atomic mass is 16.5. The third kappa shape index (κ3) is 3.73. The Balaban J connectivity index is 1.98. The van der Waals surface area contributed by atoms with Crippen LogP contribution in [0.4, 0.5) is 5.69 Å². The molecule has 1 saturated heterocycles. The predicted molar refractivity (Wildman–Crippen MR) is 81.0 cm³/mol. The van der Waals surface area contributed by atoms with Gasteiger partial charge in [0.2, 0.25) is 5.91 Å². The summed E-state index contributed by atoms with van der Waals surface area (Å²) in [6.07, 6.45) is 1.14. The normalized spacial score (nSPS) is 23.4. The zero-order valence-electron chi connectivity index (χ0n) is 12.5. The van der Waals surface area contributed by atoms with Gasteiger partial charge in [0.25, 0.3) is 0 Å². The molecule has 1 aliphatic rings. The van der Waals surface area contributed by atoms with Crippen LogP contribution in [0.25, 0.3) is 0 Å². The average Bonchev–Trinajstić information content (AvgIpc) is 2.85. The smallest absolute Gasteiger partial charge is 0.229 e. The number of rotatable bonds is 5. The molecule has 3 atom stereocenters. The quantitative estimate of drug-likeness (QED) is 0.869. The fourth-order valence-electron chi connectivity index (χ4n) is 2.36. The Bertz CT molecular complexity index is 462. The monoisotopic (exact) mass is 276 g/mol. The summed E-state index contributed by atoms with van der Waals surface area (Å²) in [4.78, 5) is 12.2. The summed E-state index contributed by atoms with van der Waals surface area (Å²) in [5.41, 5.74) is 0.801. The second-order valence-corrected chi connectivity index (χ2v) is 5.60. The summed E-state index contributed by atoms with van der Waals surface area (Å²) in [6.45, 7) is 7.90. The number of carbonyl (C=O) groups excluding carboxylic acids is 1. The SMILES string of the molecule is CCC(C)Oc1cccc(NC(=O)[C@@H]2CNC[C@H]2C)c1. The zero-order valence-corrected chi connectivity index (χ0v) is 12.5. The number of anilines is 1. The number of carbonyl (C=O) groups is 1. The number of ether oxygens (including phenoxy) is 1. The van der Waals surface area contributed by atoms with Gasteiger partial charge in [0, 0.05) is 18.3 Å². The maximum Gasteiger partial charge on any atom is 0.229 e. The molecular weight excluding hydrogens is 252 g/mol. The van der Waals surface area contributed by atoms with Crippen LogP contribution in [-0.2, 0) is 4.79 Å². The Labute approximate surface area is 120 Å². The number of benzene rings is 1. The minimum atomic E-state index is 0.0501. The predicted octanol–water partition coefficient (Wildman–Crippen LogP) is 2.66. The van der Waals surface area contributed by atoms with E-state index in [2.05, 4.69) is 24.5 Å². The van der Waals surface area contributed by atoms with E-state index in [0.717, 1.165) is 30.9 Å². The first-order valence-electron chi connectivity index (χ1n) is 7.38. The van der Waals surface area contributed by atoms with E-state index in [9.17, 15) is 4.79 Å². The Morgan fingerprint density at radius 1 is 1.50 bits per heavy atom. The fraction of sp³-hybridized carbons (Fsp3) is 0.562. The van der Waals surface area contributed by atoms with Crippen LogP contribution in [-0.4, -0.2) is 25.1 Å². The van der Waals surface area contributed by atoms with Crippen molar-refractivity contribution in [1.82, 2.24) is 5.32 Å². The lowest BCUT2D eigenvalue weighted by molar-refractivity contribution is -0.120. The molecule has 20 heavy (non-hydrogen) atoms. The van der Waals surface area contributed by atoms with Crippen LogP contribution in [0.5, 0.6) is 5.75 Å². The summed E-state index contributed by atoms with van der Waals surface area (Å²) in [5.74, 6) is 1.32. The largest absolute Gasteiger partial charge is 0.491 e. The molecule has 1 aromatic rings. The van der Waals surface area contributed by atoms with Crippen LogP contribution < -0.4 is 15.4 Å². The topological polar surface area (TPSA) is 50.4 Å². The maximum absolute atomic E-state index is 12.2. The Kier molecular flexibility index (Phi) is 5.01. The van der Waals surface area contributed by atoms with Crippen LogP contribution in [0.1, 0.15) is 27.2 Å². The first-order chi connectivity index (χ1) is 9.60. The van der Waals surface area contributed by atoms with Gasteiger partial charge in [0.05, 0.1) is 12.0 Å². The van der Waals surface area contributed by atoms with Gasteiger partial charge in [0.1, 0.15) is 5.75 Å². The summed E-state index contributed by atoms with van der Waals surface area (Å²) < 4.78 is 5.77.